The van der Waals surface area contributed by atoms with E-state index in [-0.39, 0.29) is 28.2 Å². The fourth-order valence-corrected chi connectivity index (χ4v) is 3.42. The van der Waals surface area contributed by atoms with Gasteiger partial charge in [0.15, 0.2) is 11.0 Å². The van der Waals surface area contributed by atoms with Gasteiger partial charge < -0.3 is 15.0 Å². The molecule has 144 valence electrons. The predicted octanol–water partition coefficient (Wildman–Crippen LogP) is 4.90. The molecule has 0 saturated carbocycles. The first-order chi connectivity index (χ1) is 13.0. The Morgan fingerprint density at radius 3 is 2.56 bits per heavy atom. The van der Waals surface area contributed by atoms with E-state index in [1.807, 2.05) is 30.3 Å². The molecule has 2 heterocycles. The standard InChI is InChI=1S/C18H19Cl3N4O2/c19-14-15(20)23-17(21)24-16(14)22-10-12-6-8-25(9-7-12)18(26)27-11-13-4-2-1-3-5-13/h1-5,12H,6-11H2,(H,22,23,24). The molecule has 27 heavy (non-hydrogen) atoms. The zero-order valence-corrected chi connectivity index (χ0v) is 16.8. The highest BCUT2D eigenvalue weighted by atomic mass is 35.5. The predicted molar refractivity (Wildman–Crippen MR) is 106 cm³/mol. The second kappa shape index (κ2) is 9.44. The zero-order valence-electron chi connectivity index (χ0n) is 14.5. The van der Waals surface area contributed by atoms with Crippen LogP contribution in [0.5, 0.6) is 0 Å². The summed E-state index contributed by atoms with van der Waals surface area (Å²) in [7, 11) is 0. The smallest absolute Gasteiger partial charge is 0.410 e. The van der Waals surface area contributed by atoms with Crippen molar-refractivity contribution in [3.63, 3.8) is 0 Å². The average Bonchev–Trinajstić information content (AvgIpc) is 2.69. The number of rotatable bonds is 5. The van der Waals surface area contributed by atoms with Crippen molar-refractivity contribution >= 4 is 46.7 Å². The van der Waals surface area contributed by atoms with Crippen molar-refractivity contribution in [3.8, 4) is 0 Å². The number of hydrogen-bond acceptors (Lipinski definition) is 5. The molecule has 0 spiro atoms. The number of nitrogens with zero attached hydrogens (tertiary/aromatic N) is 3. The molecule has 6 nitrogen and oxygen atoms in total. The molecule has 1 aliphatic rings. The third kappa shape index (κ3) is 5.61. The summed E-state index contributed by atoms with van der Waals surface area (Å²) in [6, 6.07) is 9.64. The Hall–Kier alpha value is -1.76. The van der Waals surface area contributed by atoms with Crippen molar-refractivity contribution < 1.29 is 9.53 Å². The highest BCUT2D eigenvalue weighted by Crippen LogP contribution is 2.29. The molecule has 0 unspecified atom stereocenters. The van der Waals surface area contributed by atoms with Crippen LogP contribution in [0, 0.1) is 5.92 Å². The molecule has 9 heteroatoms. The van der Waals surface area contributed by atoms with Gasteiger partial charge in [0.2, 0.25) is 5.28 Å². The number of hydrogen-bond donors (Lipinski definition) is 1. The number of piperidine rings is 1. The monoisotopic (exact) mass is 428 g/mol. The molecule has 0 aliphatic carbocycles. The van der Waals surface area contributed by atoms with Gasteiger partial charge in [-0.3, -0.25) is 0 Å². The summed E-state index contributed by atoms with van der Waals surface area (Å²) in [5, 5.41) is 3.59. The van der Waals surface area contributed by atoms with Gasteiger partial charge in [-0.25, -0.2) is 9.78 Å². The van der Waals surface area contributed by atoms with E-state index in [0.29, 0.717) is 31.4 Å². The van der Waals surface area contributed by atoms with E-state index in [2.05, 4.69) is 15.3 Å². The number of carbonyl (C=O) groups is 1. The van der Waals surface area contributed by atoms with Gasteiger partial charge in [0, 0.05) is 19.6 Å². The molecule has 2 aromatic rings. The molecule has 0 bridgehead atoms. The Bertz CT molecular complexity index is 784. The van der Waals surface area contributed by atoms with Crippen molar-refractivity contribution in [2.75, 3.05) is 25.0 Å². The third-order valence-corrected chi connectivity index (χ3v) is 5.32. The second-order valence-corrected chi connectivity index (χ2v) is 7.37. The highest BCUT2D eigenvalue weighted by molar-refractivity contribution is 6.43. The topological polar surface area (TPSA) is 67.3 Å². The van der Waals surface area contributed by atoms with Gasteiger partial charge in [-0.1, -0.05) is 53.5 Å². The lowest BCUT2D eigenvalue weighted by Crippen LogP contribution is -2.40. The van der Waals surface area contributed by atoms with E-state index in [1.54, 1.807) is 4.90 Å². The van der Waals surface area contributed by atoms with Crippen LogP contribution >= 0.6 is 34.8 Å². The normalized spacial score (nSPS) is 14.9. The van der Waals surface area contributed by atoms with Crippen LogP contribution in [0.15, 0.2) is 30.3 Å². The molecule has 1 amide bonds. The number of ether oxygens (including phenoxy) is 1. The van der Waals surface area contributed by atoms with Crippen LogP contribution in [0.3, 0.4) is 0 Å². The minimum Gasteiger partial charge on any atom is -0.445 e. The van der Waals surface area contributed by atoms with Gasteiger partial charge in [0.05, 0.1) is 0 Å². The SMILES string of the molecule is O=C(OCc1ccccc1)N1CCC(CNc2nc(Cl)nc(Cl)c2Cl)CC1. The summed E-state index contributed by atoms with van der Waals surface area (Å²) in [5.41, 5.74) is 0.976. The Kier molecular flexibility index (Phi) is 6.99. The van der Waals surface area contributed by atoms with E-state index in [1.165, 1.54) is 0 Å². The van der Waals surface area contributed by atoms with E-state index in [0.717, 1.165) is 18.4 Å². The van der Waals surface area contributed by atoms with Gasteiger partial charge >= 0.3 is 6.09 Å². The Balaban J connectivity index is 1.43. The number of likely N-dealkylation sites (tertiary alicyclic amines) is 1. The molecule has 1 fully saturated rings. The van der Waals surface area contributed by atoms with Gasteiger partial charge in [-0.15, -0.1) is 0 Å². The molecule has 1 N–H and O–H groups in total. The lowest BCUT2D eigenvalue weighted by atomic mass is 9.97. The summed E-state index contributed by atoms with van der Waals surface area (Å²) in [6.07, 6.45) is 1.44. The van der Waals surface area contributed by atoms with Crippen LogP contribution in [0.1, 0.15) is 18.4 Å². The molecular weight excluding hydrogens is 411 g/mol. The van der Waals surface area contributed by atoms with Crippen molar-refractivity contribution in [2.45, 2.75) is 19.4 Å². The number of halogens is 3. The minimum atomic E-state index is -0.275. The minimum absolute atomic E-state index is 0.0443. The van der Waals surface area contributed by atoms with Gasteiger partial charge in [-0.2, -0.15) is 4.98 Å². The van der Waals surface area contributed by atoms with E-state index >= 15 is 0 Å². The first-order valence-corrected chi connectivity index (χ1v) is 9.74. The molecular formula is C18H19Cl3N4O2. The summed E-state index contributed by atoms with van der Waals surface area (Å²) in [4.78, 5) is 21.8. The quantitative estimate of drug-likeness (QED) is 0.541. The molecule has 1 aliphatic heterocycles. The highest BCUT2D eigenvalue weighted by Gasteiger charge is 2.24. The van der Waals surface area contributed by atoms with Gasteiger partial charge in [0.25, 0.3) is 0 Å². The van der Waals surface area contributed by atoms with Crippen molar-refractivity contribution in [2.24, 2.45) is 5.92 Å². The number of benzene rings is 1. The largest absolute Gasteiger partial charge is 0.445 e. The van der Waals surface area contributed by atoms with Crippen LogP contribution in [0.4, 0.5) is 10.6 Å². The fraction of sp³-hybridized carbons (Fsp3) is 0.389. The van der Waals surface area contributed by atoms with Gasteiger partial charge in [-0.05, 0) is 35.9 Å². The van der Waals surface area contributed by atoms with Crippen LogP contribution in [-0.2, 0) is 11.3 Å². The summed E-state index contributed by atoms with van der Waals surface area (Å²) in [5.74, 6) is 0.804. The van der Waals surface area contributed by atoms with Crippen LogP contribution in [0.25, 0.3) is 0 Å². The summed E-state index contributed by atoms with van der Waals surface area (Å²) in [6.45, 7) is 2.25. The third-order valence-electron chi connectivity index (χ3n) is 4.42. The average molecular weight is 430 g/mol. The zero-order chi connectivity index (χ0) is 19.2. The number of nitrogens with one attached hydrogen (secondary N) is 1. The molecule has 1 saturated heterocycles. The Labute approximate surface area is 172 Å². The molecule has 3 rings (SSSR count). The lowest BCUT2D eigenvalue weighted by Gasteiger charge is -2.31. The number of aromatic nitrogens is 2. The maximum absolute atomic E-state index is 12.2. The maximum atomic E-state index is 12.2. The van der Waals surface area contributed by atoms with E-state index in [9.17, 15) is 4.79 Å². The van der Waals surface area contributed by atoms with Crippen LogP contribution in [-0.4, -0.2) is 40.6 Å². The molecule has 0 radical (unpaired) electrons. The lowest BCUT2D eigenvalue weighted by molar-refractivity contribution is 0.0832. The van der Waals surface area contributed by atoms with Crippen LogP contribution < -0.4 is 5.32 Å². The van der Waals surface area contributed by atoms with Crippen LogP contribution in [0.2, 0.25) is 15.5 Å². The van der Waals surface area contributed by atoms with Gasteiger partial charge in [0.1, 0.15) is 11.6 Å². The Morgan fingerprint density at radius 1 is 1.15 bits per heavy atom. The van der Waals surface area contributed by atoms with E-state index < -0.39 is 0 Å². The van der Waals surface area contributed by atoms with Crippen molar-refractivity contribution in [1.29, 1.82) is 0 Å². The Morgan fingerprint density at radius 2 is 1.85 bits per heavy atom. The first-order valence-electron chi connectivity index (χ1n) is 8.61. The number of amides is 1. The second-order valence-electron chi connectivity index (χ2n) is 6.30. The first kappa shape index (κ1) is 20.0. The van der Waals surface area contributed by atoms with Crippen molar-refractivity contribution in [1.82, 2.24) is 14.9 Å². The van der Waals surface area contributed by atoms with E-state index in [4.69, 9.17) is 39.5 Å². The molecule has 1 aromatic heterocycles. The molecule has 1 aromatic carbocycles. The molecule has 0 atom stereocenters. The number of anilines is 1. The summed E-state index contributed by atoms with van der Waals surface area (Å²) >= 11 is 17.8. The summed E-state index contributed by atoms with van der Waals surface area (Å²) < 4.78 is 5.38. The fourth-order valence-electron chi connectivity index (χ4n) is 2.88. The number of carbonyl (C=O) groups excluding carboxylic acids is 1. The van der Waals surface area contributed by atoms with Crippen molar-refractivity contribution in [3.05, 3.63) is 51.4 Å². The maximum Gasteiger partial charge on any atom is 0.410 e.